The molecule has 0 aliphatic rings. The third-order valence-electron chi connectivity index (χ3n) is 2.82. The maximum absolute atomic E-state index is 13.4. The molecular weight excluding hydrogens is 255 g/mol. The Bertz CT molecular complexity index is 515. The summed E-state index contributed by atoms with van der Waals surface area (Å²) < 4.78 is 39.9. The van der Waals surface area contributed by atoms with Crippen molar-refractivity contribution in [2.45, 2.75) is 31.7 Å². The van der Waals surface area contributed by atoms with Gasteiger partial charge in [0, 0.05) is 12.6 Å². The molecule has 0 fully saturated rings. The Kier molecular flexibility index (Phi) is 4.84. The Hall–Kier alpha value is -0.980. The van der Waals surface area contributed by atoms with Crippen LogP contribution in [0.2, 0.25) is 0 Å². The maximum Gasteiger partial charge on any atom is 0.240 e. The summed E-state index contributed by atoms with van der Waals surface area (Å²) in [6.45, 7) is 5.52. The zero-order valence-electron chi connectivity index (χ0n) is 10.8. The van der Waals surface area contributed by atoms with E-state index in [1.807, 2.05) is 13.8 Å². The second kappa shape index (κ2) is 5.77. The smallest absolute Gasteiger partial charge is 0.240 e. The van der Waals surface area contributed by atoms with Gasteiger partial charge in [-0.3, -0.25) is 0 Å². The van der Waals surface area contributed by atoms with E-state index in [4.69, 9.17) is 5.73 Å². The van der Waals surface area contributed by atoms with Crippen molar-refractivity contribution >= 4 is 10.0 Å². The standard InChI is InChI=1S/C12H19FN2O2S/c1-8(2)12(7-14)15-18(16,17)10-5-4-9(3)11(13)6-10/h4-6,8,12,15H,7,14H2,1-3H3. The van der Waals surface area contributed by atoms with Crippen molar-refractivity contribution in [3.8, 4) is 0 Å². The van der Waals surface area contributed by atoms with Gasteiger partial charge < -0.3 is 5.73 Å². The average Bonchev–Trinajstić information content (AvgIpc) is 2.29. The molecule has 0 spiro atoms. The minimum absolute atomic E-state index is 0.0695. The molecule has 0 heterocycles. The van der Waals surface area contributed by atoms with Crippen LogP contribution in [-0.2, 0) is 10.0 Å². The molecule has 0 saturated carbocycles. The van der Waals surface area contributed by atoms with Crippen LogP contribution in [0.3, 0.4) is 0 Å². The number of benzene rings is 1. The molecule has 1 atom stereocenters. The van der Waals surface area contributed by atoms with Crippen LogP contribution in [0.15, 0.2) is 23.1 Å². The van der Waals surface area contributed by atoms with E-state index in [2.05, 4.69) is 4.72 Å². The molecule has 1 unspecified atom stereocenters. The zero-order valence-corrected chi connectivity index (χ0v) is 11.6. The van der Waals surface area contributed by atoms with Crippen molar-refractivity contribution in [1.29, 1.82) is 0 Å². The van der Waals surface area contributed by atoms with Crippen molar-refractivity contribution in [3.05, 3.63) is 29.6 Å². The van der Waals surface area contributed by atoms with Crippen LogP contribution in [-0.4, -0.2) is 21.0 Å². The average molecular weight is 274 g/mol. The van der Waals surface area contributed by atoms with Gasteiger partial charge in [-0.05, 0) is 30.5 Å². The molecule has 0 aliphatic heterocycles. The van der Waals surface area contributed by atoms with E-state index in [0.29, 0.717) is 5.56 Å². The molecule has 6 heteroatoms. The van der Waals surface area contributed by atoms with Gasteiger partial charge in [-0.2, -0.15) is 0 Å². The molecule has 0 amide bonds. The molecule has 4 nitrogen and oxygen atoms in total. The Labute approximate surface area is 107 Å². The Morgan fingerprint density at radius 1 is 1.39 bits per heavy atom. The lowest BCUT2D eigenvalue weighted by molar-refractivity contribution is 0.454. The second-order valence-electron chi connectivity index (χ2n) is 4.62. The van der Waals surface area contributed by atoms with Gasteiger partial charge in [-0.25, -0.2) is 17.5 Å². The molecule has 18 heavy (non-hydrogen) atoms. The molecule has 1 aromatic carbocycles. The van der Waals surface area contributed by atoms with Crippen LogP contribution in [0.5, 0.6) is 0 Å². The predicted molar refractivity (Wildman–Crippen MR) is 69.1 cm³/mol. The van der Waals surface area contributed by atoms with E-state index in [-0.39, 0.29) is 23.4 Å². The Balaban J connectivity index is 3.02. The number of nitrogens with one attached hydrogen (secondary N) is 1. The number of aryl methyl sites for hydroxylation is 1. The number of hydrogen-bond acceptors (Lipinski definition) is 3. The van der Waals surface area contributed by atoms with Gasteiger partial charge in [0.25, 0.3) is 0 Å². The fourth-order valence-electron chi connectivity index (χ4n) is 1.46. The van der Waals surface area contributed by atoms with E-state index in [0.717, 1.165) is 6.07 Å². The molecule has 102 valence electrons. The minimum atomic E-state index is -3.73. The van der Waals surface area contributed by atoms with E-state index in [1.165, 1.54) is 12.1 Å². The molecule has 3 N–H and O–H groups in total. The van der Waals surface area contributed by atoms with Crippen molar-refractivity contribution in [2.24, 2.45) is 11.7 Å². The van der Waals surface area contributed by atoms with Crippen molar-refractivity contribution in [3.63, 3.8) is 0 Å². The maximum atomic E-state index is 13.4. The van der Waals surface area contributed by atoms with Gasteiger partial charge >= 0.3 is 0 Å². The van der Waals surface area contributed by atoms with Crippen LogP contribution in [0, 0.1) is 18.7 Å². The Morgan fingerprint density at radius 2 is 2.00 bits per heavy atom. The fourth-order valence-corrected chi connectivity index (χ4v) is 2.87. The Morgan fingerprint density at radius 3 is 2.44 bits per heavy atom. The van der Waals surface area contributed by atoms with Crippen LogP contribution in [0.4, 0.5) is 4.39 Å². The van der Waals surface area contributed by atoms with Crippen molar-refractivity contribution < 1.29 is 12.8 Å². The number of hydrogen-bond donors (Lipinski definition) is 2. The molecule has 1 aromatic rings. The summed E-state index contributed by atoms with van der Waals surface area (Å²) in [5.74, 6) is -0.466. The summed E-state index contributed by atoms with van der Waals surface area (Å²) in [5.41, 5.74) is 5.92. The monoisotopic (exact) mass is 274 g/mol. The molecule has 0 radical (unpaired) electrons. The highest BCUT2D eigenvalue weighted by atomic mass is 32.2. The fraction of sp³-hybridized carbons (Fsp3) is 0.500. The lowest BCUT2D eigenvalue weighted by Crippen LogP contribution is -2.43. The first-order valence-corrected chi connectivity index (χ1v) is 7.24. The number of sulfonamides is 1. The van der Waals surface area contributed by atoms with E-state index in [1.54, 1.807) is 6.92 Å². The number of nitrogens with two attached hydrogens (primary N) is 1. The first-order valence-electron chi connectivity index (χ1n) is 5.76. The molecular formula is C12H19FN2O2S. The third kappa shape index (κ3) is 3.51. The second-order valence-corrected chi connectivity index (χ2v) is 6.33. The van der Waals surface area contributed by atoms with E-state index in [9.17, 15) is 12.8 Å². The number of rotatable bonds is 5. The quantitative estimate of drug-likeness (QED) is 0.852. The molecule has 0 aromatic heterocycles. The van der Waals surface area contributed by atoms with Gasteiger partial charge in [-0.1, -0.05) is 19.9 Å². The van der Waals surface area contributed by atoms with Crippen LogP contribution in [0.1, 0.15) is 19.4 Å². The van der Waals surface area contributed by atoms with Crippen molar-refractivity contribution in [2.75, 3.05) is 6.54 Å². The van der Waals surface area contributed by atoms with E-state index >= 15 is 0 Å². The zero-order chi connectivity index (χ0) is 13.9. The molecule has 1 rings (SSSR count). The summed E-state index contributed by atoms with van der Waals surface area (Å²) in [6, 6.07) is 3.48. The summed E-state index contributed by atoms with van der Waals surface area (Å²) in [5, 5.41) is 0. The van der Waals surface area contributed by atoms with Gasteiger partial charge in [0.05, 0.1) is 4.90 Å². The first kappa shape index (κ1) is 15.1. The largest absolute Gasteiger partial charge is 0.329 e. The highest BCUT2D eigenvalue weighted by Crippen LogP contribution is 2.15. The summed E-state index contributed by atoms with van der Waals surface area (Å²) in [7, 11) is -3.73. The molecule has 0 aliphatic carbocycles. The lowest BCUT2D eigenvalue weighted by Gasteiger charge is -2.20. The highest BCUT2D eigenvalue weighted by molar-refractivity contribution is 7.89. The van der Waals surface area contributed by atoms with Gasteiger partial charge in [0.2, 0.25) is 10.0 Å². The molecule has 0 bridgehead atoms. The minimum Gasteiger partial charge on any atom is -0.329 e. The highest BCUT2D eigenvalue weighted by Gasteiger charge is 2.22. The number of halogens is 1. The third-order valence-corrected chi connectivity index (χ3v) is 4.31. The lowest BCUT2D eigenvalue weighted by atomic mass is 10.1. The van der Waals surface area contributed by atoms with Crippen molar-refractivity contribution in [1.82, 2.24) is 4.72 Å². The summed E-state index contributed by atoms with van der Waals surface area (Å²) in [6.07, 6.45) is 0. The van der Waals surface area contributed by atoms with E-state index < -0.39 is 15.8 Å². The van der Waals surface area contributed by atoms with Gasteiger partial charge in [0.1, 0.15) is 5.82 Å². The van der Waals surface area contributed by atoms with Crippen LogP contribution < -0.4 is 10.5 Å². The van der Waals surface area contributed by atoms with Gasteiger partial charge in [0.15, 0.2) is 0 Å². The van der Waals surface area contributed by atoms with Crippen LogP contribution >= 0.6 is 0 Å². The predicted octanol–water partition coefficient (Wildman–Crippen LogP) is 1.40. The summed E-state index contributed by atoms with van der Waals surface area (Å²) in [4.78, 5) is -0.0790. The van der Waals surface area contributed by atoms with Crippen LogP contribution in [0.25, 0.3) is 0 Å². The molecule has 0 saturated heterocycles. The normalized spacial score (nSPS) is 13.9. The van der Waals surface area contributed by atoms with Gasteiger partial charge in [-0.15, -0.1) is 0 Å². The topological polar surface area (TPSA) is 72.2 Å². The first-order chi connectivity index (χ1) is 8.27. The summed E-state index contributed by atoms with van der Waals surface area (Å²) >= 11 is 0. The SMILES string of the molecule is Cc1ccc(S(=O)(=O)NC(CN)C(C)C)cc1F.